The van der Waals surface area contributed by atoms with Gasteiger partial charge in [0.25, 0.3) is 6.43 Å². The van der Waals surface area contributed by atoms with Crippen LogP contribution in [0.15, 0.2) is 12.7 Å². The third-order valence-electron chi connectivity index (χ3n) is 4.49. The van der Waals surface area contributed by atoms with Crippen LogP contribution in [0.2, 0.25) is 0 Å². The Morgan fingerprint density at radius 1 is 1.43 bits per heavy atom. The Kier molecular flexibility index (Phi) is 4.64. The van der Waals surface area contributed by atoms with Gasteiger partial charge in [-0.3, -0.25) is 18.1 Å². The second-order valence-electron chi connectivity index (χ2n) is 6.74. The summed E-state index contributed by atoms with van der Waals surface area (Å²) in [6, 6.07) is 0. The van der Waals surface area contributed by atoms with E-state index in [1.54, 1.807) is 13.8 Å². The van der Waals surface area contributed by atoms with Crippen molar-refractivity contribution in [1.29, 1.82) is 0 Å². The van der Waals surface area contributed by atoms with Crippen LogP contribution in [0.4, 0.5) is 14.6 Å². The van der Waals surface area contributed by atoms with Gasteiger partial charge >= 0.3 is 7.82 Å². The lowest BCUT2D eigenvalue weighted by atomic mass is 9.96. The molecule has 0 amide bonds. The lowest BCUT2D eigenvalue weighted by Gasteiger charge is -2.39. The highest BCUT2D eigenvalue weighted by Gasteiger charge is 2.67. The molecule has 154 valence electrons. The third kappa shape index (κ3) is 2.90. The average Bonchev–Trinajstić information content (AvgIpc) is 3.15. The second kappa shape index (κ2) is 6.65. The molecule has 0 aromatic carbocycles. The SMILES string of the molecule is CC(C)OP1(=O)OC[C@@]2(C(F)F)O[C@@H](n3cnc4ncnc(N)c43)[C@H](O)[C@@H]2O1. The molecule has 2 aliphatic heterocycles. The monoisotopic (exact) mass is 421 g/mol. The summed E-state index contributed by atoms with van der Waals surface area (Å²) in [6.07, 6.45) is -5.98. The number of halogens is 2. The summed E-state index contributed by atoms with van der Waals surface area (Å²) in [4.78, 5) is 11.8. The number of anilines is 1. The molecule has 4 rings (SSSR count). The molecule has 0 spiro atoms. The van der Waals surface area contributed by atoms with Crippen LogP contribution in [-0.2, 0) is 22.9 Å². The first kappa shape index (κ1) is 19.6. The molecule has 5 atom stereocenters. The number of aliphatic hydroxyl groups excluding tert-OH is 1. The number of hydrogen-bond acceptors (Lipinski definition) is 10. The number of nitrogens with zero attached hydrogens (tertiary/aromatic N) is 4. The van der Waals surface area contributed by atoms with E-state index in [0.717, 1.165) is 0 Å². The van der Waals surface area contributed by atoms with Gasteiger partial charge in [0.05, 0.1) is 12.7 Å². The van der Waals surface area contributed by atoms with Crippen LogP contribution in [0, 0.1) is 0 Å². The van der Waals surface area contributed by atoms with Gasteiger partial charge in [-0.2, -0.15) is 0 Å². The van der Waals surface area contributed by atoms with Crippen LogP contribution < -0.4 is 5.73 Å². The summed E-state index contributed by atoms with van der Waals surface area (Å²) in [5.41, 5.74) is 3.85. The van der Waals surface area contributed by atoms with Crippen molar-refractivity contribution in [3.8, 4) is 0 Å². The van der Waals surface area contributed by atoms with Crippen molar-refractivity contribution in [3.63, 3.8) is 0 Å². The lowest BCUT2D eigenvalue weighted by Crippen LogP contribution is -2.56. The van der Waals surface area contributed by atoms with Crippen molar-refractivity contribution in [2.45, 2.75) is 50.4 Å². The number of aromatic nitrogens is 4. The predicted octanol–water partition coefficient (Wildman–Crippen LogP) is 1.25. The van der Waals surface area contributed by atoms with Gasteiger partial charge in [-0.25, -0.2) is 28.3 Å². The van der Waals surface area contributed by atoms with E-state index in [1.165, 1.54) is 17.2 Å². The first-order chi connectivity index (χ1) is 13.2. The lowest BCUT2D eigenvalue weighted by molar-refractivity contribution is -0.208. The molecule has 0 radical (unpaired) electrons. The maximum absolute atomic E-state index is 14.0. The van der Waals surface area contributed by atoms with Crippen molar-refractivity contribution in [1.82, 2.24) is 19.5 Å². The maximum Gasteiger partial charge on any atom is 0.475 e. The second-order valence-corrected chi connectivity index (χ2v) is 8.31. The highest BCUT2D eigenvalue weighted by molar-refractivity contribution is 7.48. The van der Waals surface area contributed by atoms with Crippen LogP contribution in [0.3, 0.4) is 0 Å². The molecule has 0 aliphatic carbocycles. The first-order valence-electron chi connectivity index (χ1n) is 8.35. The minimum Gasteiger partial charge on any atom is -0.386 e. The Morgan fingerprint density at radius 2 is 2.18 bits per heavy atom. The number of alkyl halides is 2. The van der Waals surface area contributed by atoms with Crippen LogP contribution in [0.1, 0.15) is 20.1 Å². The fourth-order valence-electron chi connectivity index (χ4n) is 3.28. The number of ether oxygens (including phenoxy) is 1. The van der Waals surface area contributed by atoms with Crippen molar-refractivity contribution >= 4 is 24.8 Å². The maximum atomic E-state index is 14.0. The summed E-state index contributed by atoms with van der Waals surface area (Å²) >= 11 is 0. The predicted molar refractivity (Wildman–Crippen MR) is 89.3 cm³/mol. The zero-order valence-corrected chi connectivity index (χ0v) is 15.7. The van der Waals surface area contributed by atoms with Crippen LogP contribution in [0.25, 0.3) is 11.2 Å². The average molecular weight is 421 g/mol. The molecule has 2 saturated heterocycles. The Bertz CT molecular complexity index is 944. The number of nitrogens with two attached hydrogens (primary N) is 1. The molecule has 1 unspecified atom stereocenters. The van der Waals surface area contributed by atoms with E-state index in [-0.39, 0.29) is 17.0 Å². The van der Waals surface area contributed by atoms with Crippen LogP contribution in [-0.4, -0.2) is 61.6 Å². The topological polar surface area (TPSA) is 144 Å². The quantitative estimate of drug-likeness (QED) is 0.692. The molecule has 2 aromatic rings. The Hall–Kier alpha value is -1.76. The largest absolute Gasteiger partial charge is 0.475 e. The van der Waals surface area contributed by atoms with Crippen molar-refractivity contribution in [3.05, 3.63) is 12.7 Å². The number of nitrogen functional groups attached to an aromatic ring is 1. The minimum absolute atomic E-state index is 0.0188. The highest BCUT2D eigenvalue weighted by atomic mass is 31.2. The zero-order chi connectivity index (χ0) is 20.3. The zero-order valence-electron chi connectivity index (χ0n) is 14.8. The molecule has 0 saturated carbocycles. The molecule has 11 nitrogen and oxygen atoms in total. The summed E-state index contributed by atoms with van der Waals surface area (Å²) < 4.78 is 62.6. The van der Waals surface area contributed by atoms with E-state index in [4.69, 9.17) is 24.0 Å². The van der Waals surface area contributed by atoms with E-state index in [2.05, 4.69) is 15.0 Å². The van der Waals surface area contributed by atoms with Crippen LogP contribution in [0.5, 0.6) is 0 Å². The highest BCUT2D eigenvalue weighted by Crippen LogP contribution is 2.61. The Labute approximate surface area is 157 Å². The summed E-state index contributed by atoms with van der Waals surface area (Å²) in [7, 11) is -4.17. The smallest absolute Gasteiger partial charge is 0.386 e. The van der Waals surface area contributed by atoms with E-state index in [1.807, 2.05) is 0 Å². The van der Waals surface area contributed by atoms with Gasteiger partial charge in [0.2, 0.25) is 0 Å². The number of fused-ring (bicyclic) bond motifs is 2. The molecule has 2 aromatic heterocycles. The van der Waals surface area contributed by atoms with Crippen molar-refractivity contribution < 1.29 is 36.8 Å². The molecule has 4 heterocycles. The Morgan fingerprint density at radius 3 is 2.86 bits per heavy atom. The van der Waals surface area contributed by atoms with Crippen LogP contribution >= 0.6 is 7.82 Å². The standard InChI is InChI=1S/C14H18F2N5O6P/c1-6(2)26-28(23)24-3-14(13(15)16)9(27-28)8(22)12(25-14)21-5-20-11-7(21)10(17)18-4-19-11/h4-6,8-9,12-13,22H,3H2,1-2H3,(H2,17,18,19)/t8-,9+,12-,14-,28?/m1/s1. The van der Waals surface area contributed by atoms with Crippen molar-refractivity contribution in [2.24, 2.45) is 0 Å². The third-order valence-corrected chi connectivity index (χ3v) is 6.10. The van der Waals surface area contributed by atoms with Gasteiger partial charge in [-0.05, 0) is 13.8 Å². The van der Waals surface area contributed by atoms with Crippen molar-refractivity contribution in [2.75, 3.05) is 12.3 Å². The van der Waals surface area contributed by atoms with Gasteiger partial charge in [0.15, 0.2) is 23.3 Å². The molecule has 3 N–H and O–H groups in total. The van der Waals surface area contributed by atoms with Gasteiger partial charge in [-0.1, -0.05) is 0 Å². The number of phosphoric acid groups is 1. The Balaban J connectivity index is 1.74. The molecule has 28 heavy (non-hydrogen) atoms. The number of hydrogen-bond donors (Lipinski definition) is 2. The first-order valence-corrected chi connectivity index (χ1v) is 9.81. The van der Waals surface area contributed by atoms with E-state index in [9.17, 15) is 18.5 Å². The summed E-state index contributed by atoms with van der Waals surface area (Å²) in [5, 5.41) is 10.7. The molecule has 2 aliphatic rings. The van der Waals surface area contributed by atoms with E-state index < -0.39 is 51.0 Å². The number of aliphatic hydroxyl groups is 1. The van der Waals surface area contributed by atoms with E-state index in [0.29, 0.717) is 0 Å². The number of imidazole rings is 1. The van der Waals surface area contributed by atoms with Gasteiger partial charge < -0.3 is 15.6 Å². The van der Waals surface area contributed by atoms with E-state index >= 15 is 0 Å². The molecule has 14 heteroatoms. The number of rotatable bonds is 4. The summed E-state index contributed by atoms with van der Waals surface area (Å²) in [6.45, 7) is 2.35. The normalized spacial score (nSPS) is 35.8. The fourth-order valence-corrected chi connectivity index (χ4v) is 4.91. The number of phosphoric ester groups is 1. The summed E-state index contributed by atoms with van der Waals surface area (Å²) in [5.74, 6) is 0.0188. The molecular weight excluding hydrogens is 403 g/mol. The molecule has 2 fully saturated rings. The fraction of sp³-hybridized carbons (Fsp3) is 0.643. The molecule has 0 bridgehead atoms. The minimum atomic E-state index is -4.17. The van der Waals surface area contributed by atoms with Gasteiger partial charge in [0, 0.05) is 0 Å². The van der Waals surface area contributed by atoms with Gasteiger partial charge in [-0.15, -0.1) is 0 Å². The van der Waals surface area contributed by atoms with Gasteiger partial charge in [0.1, 0.15) is 30.4 Å². The molecular formula is C14H18F2N5O6P.